The number of anilines is 1. The van der Waals surface area contributed by atoms with Crippen molar-refractivity contribution in [2.45, 2.75) is 31.9 Å². The van der Waals surface area contributed by atoms with Crippen LogP contribution in [0.2, 0.25) is 25.7 Å². The second-order valence-electron chi connectivity index (χ2n) is 5.98. The zero-order chi connectivity index (χ0) is 17.0. The number of benzene rings is 1. The minimum absolute atomic E-state index is 0.0408. The van der Waals surface area contributed by atoms with E-state index >= 15 is 0 Å². The first kappa shape index (κ1) is 18.2. The number of carbonyl (C=O) groups excluding carboxylic acids is 2. The molecule has 0 aliphatic rings. The second kappa shape index (κ2) is 6.95. The van der Waals surface area contributed by atoms with Gasteiger partial charge in [-0.05, 0) is 30.3 Å². The van der Waals surface area contributed by atoms with E-state index in [4.69, 9.17) is 4.74 Å². The molecule has 0 unspecified atom stereocenters. The molecular formula is C14H18F3NO3Si. The van der Waals surface area contributed by atoms with Crippen molar-refractivity contribution in [2.24, 2.45) is 0 Å². The van der Waals surface area contributed by atoms with Crippen LogP contribution in [0.25, 0.3) is 0 Å². The molecule has 1 aromatic carbocycles. The lowest BCUT2D eigenvalue weighted by atomic mass is 10.2. The normalized spacial score (nSPS) is 11.9. The molecule has 1 rings (SSSR count). The molecule has 122 valence electrons. The highest BCUT2D eigenvalue weighted by Gasteiger charge is 2.38. The Bertz CT molecular complexity index is 536. The van der Waals surface area contributed by atoms with E-state index in [0.717, 1.165) is 6.04 Å². The van der Waals surface area contributed by atoms with E-state index in [0.29, 0.717) is 6.61 Å². The third-order valence-corrected chi connectivity index (χ3v) is 4.43. The van der Waals surface area contributed by atoms with Gasteiger partial charge in [-0.25, -0.2) is 4.79 Å². The smallest absolute Gasteiger partial charge is 0.462 e. The van der Waals surface area contributed by atoms with Crippen molar-refractivity contribution in [3.8, 4) is 0 Å². The van der Waals surface area contributed by atoms with Crippen LogP contribution < -0.4 is 5.32 Å². The number of ether oxygens (including phenoxy) is 1. The Morgan fingerprint density at radius 2 is 1.68 bits per heavy atom. The molecule has 8 heteroatoms. The van der Waals surface area contributed by atoms with Gasteiger partial charge in [0.05, 0.1) is 12.2 Å². The van der Waals surface area contributed by atoms with E-state index < -0.39 is 26.1 Å². The predicted octanol–water partition coefficient (Wildman–Crippen LogP) is 3.68. The number of nitrogens with one attached hydrogen (secondary N) is 1. The maximum atomic E-state index is 12.1. The van der Waals surface area contributed by atoms with Crippen LogP contribution >= 0.6 is 0 Å². The fourth-order valence-electron chi connectivity index (χ4n) is 1.42. The van der Waals surface area contributed by atoms with E-state index in [1.165, 1.54) is 24.3 Å². The van der Waals surface area contributed by atoms with Crippen LogP contribution in [0.1, 0.15) is 10.4 Å². The SMILES string of the molecule is C[Si](C)(C)CCOC(=O)c1ccc(NC(=O)C(F)(F)F)cc1. The van der Waals surface area contributed by atoms with Crippen molar-refractivity contribution < 1.29 is 27.5 Å². The first-order valence-electron chi connectivity index (χ1n) is 6.64. The Hall–Kier alpha value is -1.83. The molecule has 0 aliphatic heterocycles. The van der Waals surface area contributed by atoms with Crippen LogP contribution in [0, 0.1) is 0 Å². The molecule has 0 spiro atoms. The predicted molar refractivity (Wildman–Crippen MR) is 79.6 cm³/mol. The molecule has 0 bridgehead atoms. The highest BCUT2D eigenvalue weighted by atomic mass is 28.3. The van der Waals surface area contributed by atoms with E-state index in [2.05, 4.69) is 19.6 Å². The van der Waals surface area contributed by atoms with Crippen LogP contribution in [0.4, 0.5) is 18.9 Å². The lowest BCUT2D eigenvalue weighted by Gasteiger charge is -2.15. The Balaban J connectivity index is 2.57. The Morgan fingerprint density at radius 1 is 1.14 bits per heavy atom. The molecule has 0 saturated carbocycles. The fraction of sp³-hybridized carbons (Fsp3) is 0.429. The van der Waals surface area contributed by atoms with E-state index in [1.54, 1.807) is 5.32 Å². The topological polar surface area (TPSA) is 55.4 Å². The van der Waals surface area contributed by atoms with Gasteiger partial charge < -0.3 is 10.1 Å². The zero-order valence-electron chi connectivity index (χ0n) is 12.6. The van der Waals surface area contributed by atoms with Gasteiger partial charge in [0.25, 0.3) is 0 Å². The summed E-state index contributed by atoms with van der Waals surface area (Å²) >= 11 is 0. The molecule has 0 aromatic heterocycles. The molecule has 4 nitrogen and oxygen atoms in total. The van der Waals surface area contributed by atoms with Gasteiger partial charge in [-0.1, -0.05) is 19.6 Å². The Labute approximate surface area is 127 Å². The van der Waals surface area contributed by atoms with Gasteiger partial charge in [-0.3, -0.25) is 4.79 Å². The second-order valence-corrected chi connectivity index (χ2v) is 11.6. The third kappa shape index (κ3) is 6.29. The number of carbonyl (C=O) groups is 2. The number of hydrogen-bond acceptors (Lipinski definition) is 3. The highest BCUT2D eigenvalue weighted by molar-refractivity contribution is 6.76. The van der Waals surface area contributed by atoms with Crippen molar-refractivity contribution in [2.75, 3.05) is 11.9 Å². The molecule has 0 radical (unpaired) electrons. The van der Waals surface area contributed by atoms with Crippen molar-refractivity contribution in [3.05, 3.63) is 29.8 Å². The van der Waals surface area contributed by atoms with E-state index in [1.807, 2.05) is 0 Å². The molecule has 1 aromatic rings. The number of rotatable bonds is 5. The van der Waals surface area contributed by atoms with Crippen LogP contribution in [-0.2, 0) is 9.53 Å². The minimum atomic E-state index is -4.95. The summed E-state index contributed by atoms with van der Waals surface area (Å²) in [6.45, 7) is 6.78. The van der Waals surface area contributed by atoms with Gasteiger partial charge in [0, 0.05) is 13.8 Å². The average molecular weight is 333 g/mol. The summed E-state index contributed by atoms with van der Waals surface area (Å²) in [4.78, 5) is 22.5. The molecule has 1 amide bonds. The first-order chi connectivity index (χ1) is 9.99. The third-order valence-electron chi connectivity index (χ3n) is 2.72. The maximum Gasteiger partial charge on any atom is 0.471 e. The van der Waals surface area contributed by atoms with Crippen LogP contribution in [0.15, 0.2) is 24.3 Å². The lowest BCUT2D eigenvalue weighted by Crippen LogP contribution is -2.29. The number of esters is 1. The van der Waals surface area contributed by atoms with Crippen LogP contribution in [0.3, 0.4) is 0 Å². The fourth-order valence-corrected chi connectivity index (χ4v) is 2.14. The standard InChI is InChI=1S/C14H18F3NO3Si/c1-22(2,3)9-8-21-12(19)10-4-6-11(7-5-10)18-13(20)14(15,16)17/h4-7H,8-9H2,1-3H3,(H,18,20). The van der Waals surface area contributed by atoms with Gasteiger partial charge in [-0.15, -0.1) is 0 Å². The van der Waals surface area contributed by atoms with Crippen LogP contribution in [-0.4, -0.2) is 32.7 Å². The summed E-state index contributed by atoms with van der Waals surface area (Å²) in [5, 5.41) is 1.70. The van der Waals surface area contributed by atoms with Gasteiger partial charge in [0.15, 0.2) is 0 Å². The van der Waals surface area contributed by atoms with Crippen LogP contribution in [0.5, 0.6) is 0 Å². The number of hydrogen-bond donors (Lipinski definition) is 1. The minimum Gasteiger partial charge on any atom is -0.462 e. The zero-order valence-corrected chi connectivity index (χ0v) is 13.6. The van der Waals surface area contributed by atoms with Crippen molar-refractivity contribution in [3.63, 3.8) is 0 Å². The molecule has 0 atom stereocenters. The average Bonchev–Trinajstić information content (AvgIpc) is 2.36. The van der Waals surface area contributed by atoms with Gasteiger partial charge in [-0.2, -0.15) is 13.2 Å². The van der Waals surface area contributed by atoms with E-state index in [-0.39, 0.29) is 11.3 Å². The lowest BCUT2D eigenvalue weighted by molar-refractivity contribution is -0.167. The quantitative estimate of drug-likeness (QED) is 0.660. The summed E-state index contributed by atoms with van der Waals surface area (Å²) in [5.74, 6) is -2.59. The maximum absolute atomic E-state index is 12.1. The van der Waals surface area contributed by atoms with E-state index in [9.17, 15) is 22.8 Å². The highest BCUT2D eigenvalue weighted by Crippen LogP contribution is 2.19. The summed E-state index contributed by atoms with van der Waals surface area (Å²) in [7, 11) is -1.30. The van der Waals surface area contributed by atoms with Gasteiger partial charge >= 0.3 is 18.1 Å². The Morgan fingerprint density at radius 3 is 2.14 bits per heavy atom. The summed E-state index contributed by atoms with van der Waals surface area (Å²) in [6.07, 6.45) is -4.95. The van der Waals surface area contributed by atoms with Crippen molar-refractivity contribution in [1.82, 2.24) is 0 Å². The number of amides is 1. The Kier molecular flexibility index (Phi) is 5.76. The first-order valence-corrected chi connectivity index (χ1v) is 10.4. The monoisotopic (exact) mass is 333 g/mol. The molecule has 22 heavy (non-hydrogen) atoms. The molecular weight excluding hydrogens is 315 g/mol. The summed E-state index contributed by atoms with van der Waals surface area (Å²) < 4.78 is 41.4. The number of halogens is 3. The molecule has 0 heterocycles. The summed E-state index contributed by atoms with van der Waals surface area (Å²) in [5.41, 5.74) is 0.182. The molecule has 1 N–H and O–H groups in total. The van der Waals surface area contributed by atoms with Crippen molar-refractivity contribution >= 4 is 25.6 Å². The van der Waals surface area contributed by atoms with Gasteiger partial charge in [0.1, 0.15) is 0 Å². The summed E-state index contributed by atoms with van der Waals surface area (Å²) in [6, 6.07) is 5.89. The molecule has 0 fully saturated rings. The molecule has 0 saturated heterocycles. The van der Waals surface area contributed by atoms with Crippen molar-refractivity contribution in [1.29, 1.82) is 0 Å². The number of alkyl halides is 3. The molecule has 0 aliphatic carbocycles. The largest absolute Gasteiger partial charge is 0.471 e. The van der Waals surface area contributed by atoms with Gasteiger partial charge in [0.2, 0.25) is 0 Å².